The largest absolute Gasteiger partial charge is 0.478 e. The number of benzene rings is 1. The van der Waals surface area contributed by atoms with E-state index < -0.39 is 22.7 Å². The average Bonchev–Trinajstić information content (AvgIpc) is 2.15. The van der Waals surface area contributed by atoms with E-state index in [1.165, 1.54) is 15.9 Å². The summed E-state index contributed by atoms with van der Waals surface area (Å²) in [6, 6.07) is 3.87. The molecule has 1 N–H and O–H groups in total. The van der Waals surface area contributed by atoms with E-state index in [1.54, 1.807) is 0 Å². The normalized spacial score (nSPS) is 12.3. The van der Waals surface area contributed by atoms with Gasteiger partial charge < -0.3 is 9.84 Å². The Hall–Kier alpha value is -1.31. The topological polar surface area (TPSA) is 46.5 Å². The minimum Gasteiger partial charge on any atom is -0.478 e. The smallest absolute Gasteiger partial charge is 0.475 e. The van der Waals surface area contributed by atoms with E-state index in [0.29, 0.717) is 0 Å². The lowest BCUT2D eigenvalue weighted by Crippen LogP contribution is -2.40. The van der Waals surface area contributed by atoms with Gasteiger partial charge in [0.05, 0.1) is 5.56 Å². The van der Waals surface area contributed by atoms with Crippen LogP contribution in [0.15, 0.2) is 24.3 Å². The Balaban J connectivity index is 2.96. The SMILES string of the molecule is O=C(O)c1cccc(OC(F)(F)C(F)(F)Br)c1. The molecule has 1 aromatic rings. The van der Waals surface area contributed by atoms with Crippen LogP contribution in [0.2, 0.25) is 0 Å². The molecule has 0 heterocycles. The Kier molecular flexibility index (Phi) is 3.65. The summed E-state index contributed by atoms with van der Waals surface area (Å²) in [6.45, 7) is 0. The van der Waals surface area contributed by atoms with Gasteiger partial charge in [0.25, 0.3) is 0 Å². The summed E-state index contributed by atoms with van der Waals surface area (Å²) < 4.78 is 54.1. The van der Waals surface area contributed by atoms with Crippen LogP contribution >= 0.6 is 15.9 Å². The van der Waals surface area contributed by atoms with Crippen molar-refractivity contribution in [3.8, 4) is 5.75 Å². The van der Waals surface area contributed by atoms with Crippen LogP contribution in [0, 0.1) is 0 Å². The first kappa shape index (κ1) is 13.8. The molecule has 0 bridgehead atoms. The van der Waals surface area contributed by atoms with Gasteiger partial charge >= 0.3 is 16.9 Å². The Bertz CT molecular complexity index is 430. The maximum Gasteiger partial charge on any atom is 0.475 e. The number of carboxylic acids is 1. The summed E-state index contributed by atoms with van der Waals surface area (Å²) in [6.07, 6.45) is -4.79. The van der Waals surface area contributed by atoms with Crippen molar-refractivity contribution in [2.45, 2.75) is 10.9 Å². The van der Waals surface area contributed by atoms with Gasteiger partial charge in [-0.25, -0.2) is 4.79 Å². The summed E-state index contributed by atoms with van der Waals surface area (Å²) in [7, 11) is 0. The second kappa shape index (κ2) is 4.52. The molecule has 0 aromatic heterocycles. The van der Waals surface area contributed by atoms with Gasteiger partial charge in [-0.1, -0.05) is 6.07 Å². The van der Waals surface area contributed by atoms with E-state index in [-0.39, 0.29) is 5.56 Å². The lowest BCUT2D eigenvalue weighted by atomic mass is 10.2. The van der Waals surface area contributed by atoms with Gasteiger partial charge in [0, 0.05) is 15.9 Å². The number of carboxylic acid groups (broad SMARTS) is 1. The summed E-state index contributed by atoms with van der Waals surface area (Å²) in [5.74, 6) is -2.06. The van der Waals surface area contributed by atoms with Crippen LogP contribution in [0.4, 0.5) is 17.6 Å². The number of hydrogen-bond donors (Lipinski definition) is 1. The number of rotatable bonds is 4. The molecule has 94 valence electrons. The van der Waals surface area contributed by atoms with Crippen LogP contribution < -0.4 is 4.74 Å². The van der Waals surface area contributed by atoms with E-state index in [9.17, 15) is 22.4 Å². The number of hydrogen-bond acceptors (Lipinski definition) is 2. The van der Waals surface area contributed by atoms with Gasteiger partial charge in [-0.2, -0.15) is 17.6 Å². The number of carbonyl (C=O) groups is 1. The van der Waals surface area contributed by atoms with Gasteiger partial charge in [-0.3, -0.25) is 0 Å². The van der Waals surface area contributed by atoms with Crippen molar-refractivity contribution < 1.29 is 32.2 Å². The number of alkyl halides is 5. The molecule has 0 fully saturated rings. The third-order valence-corrected chi connectivity index (χ3v) is 2.12. The summed E-state index contributed by atoms with van der Waals surface area (Å²) in [5, 5.41) is 8.57. The van der Waals surface area contributed by atoms with Crippen LogP contribution in [0.5, 0.6) is 5.75 Å². The molecule has 0 saturated carbocycles. The first-order chi connectivity index (χ1) is 7.63. The highest BCUT2D eigenvalue weighted by Gasteiger charge is 2.57. The lowest BCUT2D eigenvalue weighted by molar-refractivity contribution is -0.266. The number of ether oxygens (including phenoxy) is 1. The predicted molar refractivity (Wildman–Crippen MR) is 52.9 cm³/mol. The van der Waals surface area contributed by atoms with Crippen molar-refractivity contribution in [1.29, 1.82) is 0 Å². The van der Waals surface area contributed by atoms with Crippen molar-refractivity contribution in [2.75, 3.05) is 0 Å². The number of halogens is 5. The van der Waals surface area contributed by atoms with Crippen LogP contribution in [0.25, 0.3) is 0 Å². The highest BCUT2D eigenvalue weighted by Crippen LogP contribution is 2.40. The Morgan fingerprint density at radius 3 is 2.35 bits per heavy atom. The molecule has 17 heavy (non-hydrogen) atoms. The molecule has 0 aliphatic carbocycles. The molecule has 0 spiro atoms. The Morgan fingerprint density at radius 1 is 1.29 bits per heavy atom. The van der Waals surface area contributed by atoms with E-state index in [1.807, 2.05) is 0 Å². The molecule has 0 saturated heterocycles. The van der Waals surface area contributed by atoms with Gasteiger partial charge in [0.2, 0.25) is 0 Å². The molecule has 0 atom stereocenters. The second-order valence-electron chi connectivity index (χ2n) is 2.95. The van der Waals surface area contributed by atoms with Crippen molar-refractivity contribution in [2.24, 2.45) is 0 Å². The maximum absolute atomic E-state index is 12.8. The third kappa shape index (κ3) is 3.32. The van der Waals surface area contributed by atoms with Crippen molar-refractivity contribution in [1.82, 2.24) is 0 Å². The first-order valence-electron chi connectivity index (χ1n) is 4.10. The van der Waals surface area contributed by atoms with Gasteiger partial charge in [0.15, 0.2) is 0 Å². The van der Waals surface area contributed by atoms with E-state index in [2.05, 4.69) is 4.74 Å². The minimum atomic E-state index is -4.79. The van der Waals surface area contributed by atoms with Gasteiger partial charge in [-0.15, -0.1) is 0 Å². The molecule has 3 nitrogen and oxygen atoms in total. The van der Waals surface area contributed by atoms with Crippen LogP contribution in [0.3, 0.4) is 0 Å². The number of aromatic carboxylic acids is 1. The Labute approximate surface area is 101 Å². The van der Waals surface area contributed by atoms with Crippen LogP contribution in [0.1, 0.15) is 10.4 Å². The molecular formula is C9H5BrF4O3. The molecule has 0 radical (unpaired) electrons. The highest BCUT2D eigenvalue weighted by atomic mass is 79.9. The van der Waals surface area contributed by atoms with E-state index >= 15 is 0 Å². The van der Waals surface area contributed by atoms with Gasteiger partial charge in [0.1, 0.15) is 5.75 Å². The average molecular weight is 317 g/mol. The van der Waals surface area contributed by atoms with Crippen molar-refractivity contribution >= 4 is 21.9 Å². The van der Waals surface area contributed by atoms with E-state index in [0.717, 1.165) is 24.3 Å². The molecule has 1 aromatic carbocycles. The zero-order chi connectivity index (χ0) is 13.3. The van der Waals surface area contributed by atoms with Crippen molar-refractivity contribution in [3.63, 3.8) is 0 Å². The Morgan fingerprint density at radius 2 is 1.88 bits per heavy atom. The second-order valence-corrected chi connectivity index (χ2v) is 3.95. The zero-order valence-electron chi connectivity index (χ0n) is 7.96. The molecule has 0 amide bonds. The standard InChI is InChI=1S/C9H5BrF4O3/c10-8(11,12)9(13,14)17-6-3-1-2-5(4-6)7(15)16/h1-4H,(H,15,16). The molecular weight excluding hydrogens is 312 g/mol. The van der Waals surface area contributed by atoms with Gasteiger partial charge in [-0.05, 0) is 18.2 Å². The predicted octanol–water partition coefficient (Wildman–Crippen LogP) is 3.34. The zero-order valence-corrected chi connectivity index (χ0v) is 9.55. The third-order valence-electron chi connectivity index (χ3n) is 1.66. The summed E-state index contributed by atoms with van der Waals surface area (Å²) in [5.41, 5.74) is -0.351. The highest BCUT2D eigenvalue weighted by molar-refractivity contribution is 9.10. The molecule has 0 aliphatic heterocycles. The quantitative estimate of drug-likeness (QED) is 0.684. The molecule has 8 heteroatoms. The summed E-state index contributed by atoms with van der Waals surface area (Å²) in [4.78, 5) is 5.96. The van der Waals surface area contributed by atoms with Crippen LogP contribution in [-0.2, 0) is 0 Å². The monoisotopic (exact) mass is 316 g/mol. The molecule has 0 unspecified atom stereocenters. The molecule has 0 aliphatic rings. The van der Waals surface area contributed by atoms with Crippen LogP contribution in [-0.4, -0.2) is 22.0 Å². The fraction of sp³-hybridized carbons (Fsp3) is 0.222. The first-order valence-corrected chi connectivity index (χ1v) is 4.90. The molecule has 1 rings (SSSR count). The van der Waals surface area contributed by atoms with E-state index in [4.69, 9.17) is 5.11 Å². The summed E-state index contributed by atoms with van der Waals surface area (Å²) >= 11 is 1.48. The fourth-order valence-electron chi connectivity index (χ4n) is 0.898. The fourth-order valence-corrected chi connectivity index (χ4v) is 0.979. The maximum atomic E-state index is 12.8. The minimum absolute atomic E-state index is 0.351. The van der Waals surface area contributed by atoms with Crippen molar-refractivity contribution in [3.05, 3.63) is 29.8 Å². The lowest BCUT2D eigenvalue weighted by Gasteiger charge is -2.21.